The minimum atomic E-state index is -0.220. The monoisotopic (exact) mass is 311 g/mol. The molecule has 0 aliphatic heterocycles. The predicted molar refractivity (Wildman–Crippen MR) is 86.5 cm³/mol. The highest BCUT2D eigenvalue weighted by atomic mass is 35.5. The molecule has 2 aromatic rings. The van der Waals surface area contributed by atoms with Crippen LogP contribution >= 0.6 is 11.6 Å². The van der Waals surface area contributed by atoms with E-state index in [2.05, 4.69) is 28.3 Å². The fourth-order valence-electron chi connectivity index (χ4n) is 2.66. The molecular formula is C16H23ClFN3. The second kappa shape index (κ2) is 7.76. The SMILES string of the molecule is CCCN(CC)CCn1c(CCCl)nc2ccc(F)cc21. The lowest BCUT2D eigenvalue weighted by Gasteiger charge is -2.20. The van der Waals surface area contributed by atoms with Crippen LogP contribution in [0.15, 0.2) is 18.2 Å². The quantitative estimate of drug-likeness (QED) is 0.693. The molecule has 1 aromatic carbocycles. The molecule has 0 aliphatic carbocycles. The molecule has 0 N–H and O–H groups in total. The number of aryl methyl sites for hydroxylation is 1. The van der Waals surface area contributed by atoms with Crippen LogP contribution < -0.4 is 0 Å². The highest BCUT2D eigenvalue weighted by Gasteiger charge is 2.12. The van der Waals surface area contributed by atoms with Gasteiger partial charge in [-0.25, -0.2) is 9.37 Å². The van der Waals surface area contributed by atoms with Gasteiger partial charge in [-0.2, -0.15) is 0 Å². The number of nitrogens with zero attached hydrogens (tertiary/aromatic N) is 3. The van der Waals surface area contributed by atoms with Crippen molar-refractivity contribution in [1.82, 2.24) is 14.5 Å². The number of hydrogen-bond acceptors (Lipinski definition) is 2. The Morgan fingerprint density at radius 2 is 2.10 bits per heavy atom. The molecule has 21 heavy (non-hydrogen) atoms. The summed E-state index contributed by atoms with van der Waals surface area (Å²) in [7, 11) is 0. The maximum atomic E-state index is 13.5. The Hall–Kier alpha value is -1.13. The summed E-state index contributed by atoms with van der Waals surface area (Å²) in [5.41, 5.74) is 1.71. The van der Waals surface area contributed by atoms with Crippen molar-refractivity contribution < 1.29 is 4.39 Å². The van der Waals surface area contributed by atoms with Crippen molar-refractivity contribution in [1.29, 1.82) is 0 Å². The highest BCUT2D eigenvalue weighted by Crippen LogP contribution is 2.18. The van der Waals surface area contributed by atoms with E-state index in [0.29, 0.717) is 12.3 Å². The van der Waals surface area contributed by atoms with Crippen LogP contribution in [0.4, 0.5) is 4.39 Å². The molecule has 1 aromatic heterocycles. The van der Waals surface area contributed by atoms with Gasteiger partial charge >= 0.3 is 0 Å². The molecule has 1 heterocycles. The molecule has 5 heteroatoms. The second-order valence-corrected chi connectivity index (χ2v) is 5.56. The molecule has 0 amide bonds. The van der Waals surface area contributed by atoms with Crippen molar-refractivity contribution >= 4 is 22.6 Å². The summed E-state index contributed by atoms with van der Waals surface area (Å²) < 4.78 is 15.6. The lowest BCUT2D eigenvalue weighted by atomic mass is 10.3. The number of likely N-dealkylation sites (N-methyl/N-ethyl adjacent to an activating group) is 1. The first kappa shape index (κ1) is 16.2. The van der Waals surface area contributed by atoms with E-state index in [4.69, 9.17) is 11.6 Å². The zero-order valence-electron chi connectivity index (χ0n) is 12.8. The largest absolute Gasteiger partial charge is 0.327 e. The number of fused-ring (bicyclic) bond motifs is 1. The van der Waals surface area contributed by atoms with Gasteiger partial charge in [0.2, 0.25) is 0 Å². The van der Waals surface area contributed by atoms with Crippen LogP contribution in [0.1, 0.15) is 26.1 Å². The number of imidazole rings is 1. The van der Waals surface area contributed by atoms with Gasteiger partial charge in [0.1, 0.15) is 11.6 Å². The molecule has 0 aliphatic rings. The van der Waals surface area contributed by atoms with Crippen molar-refractivity contribution in [2.24, 2.45) is 0 Å². The number of hydrogen-bond donors (Lipinski definition) is 0. The standard InChI is InChI=1S/C16H23ClFN3/c1-3-9-20(4-2)10-11-21-15-12-13(18)5-6-14(15)19-16(21)7-8-17/h5-6,12H,3-4,7-11H2,1-2H3. The Morgan fingerprint density at radius 3 is 2.76 bits per heavy atom. The van der Waals surface area contributed by atoms with Gasteiger partial charge in [0.15, 0.2) is 0 Å². The minimum absolute atomic E-state index is 0.220. The summed E-state index contributed by atoms with van der Waals surface area (Å²) in [4.78, 5) is 6.99. The van der Waals surface area contributed by atoms with Gasteiger partial charge in [0.25, 0.3) is 0 Å². The van der Waals surface area contributed by atoms with Crippen molar-refractivity contribution in [3.8, 4) is 0 Å². The van der Waals surface area contributed by atoms with Crippen molar-refractivity contribution in [3.05, 3.63) is 29.8 Å². The van der Waals surface area contributed by atoms with Gasteiger partial charge in [0, 0.05) is 25.4 Å². The summed E-state index contributed by atoms with van der Waals surface area (Å²) in [5, 5.41) is 0. The fourth-order valence-corrected chi connectivity index (χ4v) is 2.83. The Balaban J connectivity index is 2.26. The second-order valence-electron chi connectivity index (χ2n) is 5.19. The van der Waals surface area contributed by atoms with Gasteiger partial charge in [-0.3, -0.25) is 0 Å². The molecule has 0 bridgehead atoms. The predicted octanol–water partition coefficient (Wildman–Crippen LogP) is 3.69. The first-order chi connectivity index (χ1) is 10.2. The van der Waals surface area contributed by atoms with Gasteiger partial charge in [-0.1, -0.05) is 13.8 Å². The van der Waals surface area contributed by atoms with Crippen molar-refractivity contribution in [2.75, 3.05) is 25.5 Å². The third kappa shape index (κ3) is 3.95. The average molecular weight is 312 g/mol. The number of rotatable bonds is 8. The van der Waals surface area contributed by atoms with Crippen LogP contribution in [0.5, 0.6) is 0 Å². The zero-order chi connectivity index (χ0) is 15.2. The summed E-state index contributed by atoms with van der Waals surface area (Å²) in [6.45, 7) is 8.23. The van der Waals surface area contributed by atoms with E-state index in [1.54, 1.807) is 12.1 Å². The number of aromatic nitrogens is 2. The maximum Gasteiger partial charge on any atom is 0.125 e. The Bertz CT molecular complexity index is 582. The normalized spacial score (nSPS) is 11.7. The van der Waals surface area contributed by atoms with Crippen LogP contribution in [0.25, 0.3) is 11.0 Å². The van der Waals surface area contributed by atoms with Crippen LogP contribution in [0.3, 0.4) is 0 Å². The molecular weight excluding hydrogens is 289 g/mol. The zero-order valence-corrected chi connectivity index (χ0v) is 13.5. The Labute approximate surface area is 130 Å². The Kier molecular flexibility index (Phi) is 6.00. The van der Waals surface area contributed by atoms with Crippen LogP contribution in [0.2, 0.25) is 0 Å². The summed E-state index contributed by atoms with van der Waals surface area (Å²) in [5.74, 6) is 1.25. The van der Waals surface area contributed by atoms with E-state index in [1.807, 2.05) is 0 Å². The molecule has 0 saturated carbocycles. The first-order valence-electron chi connectivity index (χ1n) is 7.62. The molecule has 0 spiro atoms. The maximum absolute atomic E-state index is 13.5. The van der Waals surface area contributed by atoms with E-state index in [9.17, 15) is 4.39 Å². The molecule has 116 valence electrons. The van der Waals surface area contributed by atoms with E-state index in [-0.39, 0.29) is 5.82 Å². The molecule has 0 fully saturated rings. The molecule has 0 unspecified atom stereocenters. The molecule has 0 radical (unpaired) electrons. The lowest BCUT2D eigenvalue weighted by molar-refractivity contribution is 0.277. The van der Waals surface area contributed by atoms with Gasteiger partial charge in [-0.15, -0.1) is 11.6 Å². The highest BCUT2D eigenvalue weighted by molar-refractivity contribution is 6.17. The van der Waals surface area contributed by atoms with Crippen molar-refractivity contribution in [3.63, 3.8) is 0 Å². The van der Waals surface area contributed by atoms with Gasteiger partial charge < -0.3 is 9.47 Å². The van der Waals surface area contributed by atoms with E-state index in [1.165, 1.54) is 6.07 Å². The molecule has 2 rings (SSSR count). The van der Waals surface area contributed by atoms with Crippen LogP contribution in [-0.2, 0) is 13.0 Å². The van der Waals surface area contributed by atoms with E-state index in [0.717, 1.165) is 49.5 Å². The van der Waals surface area contributed by atoms with E-state index < -0.39 is 0 Å². The number of benzene rings is 1. The van der Waals surface area contributed by atoms with Gasteiger partial charge in [-0.05, 0) is 37.7 Å². The van der Waals surface area contributed by atoms with Crippen LogP contribution in [-0.4, -0.2) is 40.0 Å². The third-order valence-corrected chi connectivity index (χ3v) is 3.92. The fraction of sp³-hybridized carbons (Fsp3) is 0.562. The molecule has 3 nitrogen and oxygen atoms in total. The van der Waals surface area contributed by atoms with E-state index >= 15 is 0 Å². The third-order valence-electron chi connectivity index (χ3n) is 3.73. The minimum Gasteiger partial charge on any atom is -0.327 e. The van der Waals surface area contributed by atoms with Crippen molar-refractivity contribution in [2.45, 2.75) is 33.2 Å². The van der Waals surface area contributed by atoms with Crippen LogP contribution in [0, 0.1) is 5.82 Å². The topological polar surface area (TPSA) is 21.1 Å². The Morgan fingerprint density at radius 1 is 1.29 bits per heavy atom. The summed E-state index contributed by atoms with van der Waals surface area (Å²) in [6.07, 6.45) is 1.85. The average Bonchev–Trinajstić information content (AvgIpc) is 2.81. The summed E-state index contributed by atoms with van der Waals surface area (Å²) >= 11 is 5.87. The smallest absolute Gasteiger partial charge is 0.125 e. The number of halogens is 2. The molecule has 0 atom stereocenters. The number of alkyl halides is 1. The summed E-state index contributed by atoms with van der Waals surface area (Å²) in [6, 6.07) is 4.76. The molecule has 0 saturated heterocycles. The lowest BCUT2D eigenvalue weighted by Crippen LogP contribution is -2.28. The van der Waals surface area contributed by atoms with Gasteiger partial charge in [0.05, 0.1) is 11.0 Å². The first-order valence-corrected chi connectivity index (χ1v) is 8.16.